The summed E-state index contributed by atoms with van der Waals surface area (Å²) in [7, 11) is 0. The Morgan fingerprint density at radius 2 is 2.13 bits per heavy atom. The van der Waals surface area contributed by atoms with Crippen molar-refractivity contribution in [2.45, 2.75) is 6.04 Å². The quantitative estimate of drug-likeness (QED) is 0.682. The summed E-state index contributed by atoms with van der Waals surface area (Å²) >= 11 is 0. The van der Waals surface area contributed by atoms with E-state index in [1.54, 1.807) is 0 Å². The second kappa shape index (κ2) is 5.30. The summed E-state index contributed by atoms with van der Waals surface area (Å²) in [6.45, 7) is 2.46. The summed E-state index contributed by atoms with van der Waals surface area (Å²) in [6.07, 6.45) is 0. The van der Waals surface area contributed by atoms with Gasteiger partial charge in [0.2, 0.25) is 0 Å². The Bertz CT molecular complexity index is 329. The molecule has 1 saturated heterocycles. The molecule has 3 N–H and O–H groups in total. The van der Waals surface area contributed by atoms with Gasteiger partial charge in [0.25, 0.3) is 0 Å². The standard InChI is InChI=1S/C10H13FN2O.ClH/c11-7-1-2-10(14)8(5-7)9-6-12-3-4-13-9;/h1-2,5,9,12-14H,3-4,6H2;1H/t9-;/m0./s1. The van der Waals surface area contributed by atoms with Gasteiger partial charge in [0, 0.05) is 31.2 Å². The van der Waals surface area contributed by atoms with E-state index >= 15 is 0 Å². The molecular weight excluding hydrogens is 219 g/mol. The predicted octanol–water partition coefficient (Wildman–Crippen LogP) is 1.19. The predicted molar refractivity (Wildman–Crippen MR) is 58.9 cm³/mol. The molecule has 1 aromatic rings. The highest BCUT2D eigenvalue weighted by atomic mass is 35.5. The number of nitrogens with one attached hydrogen (secondary N) is 2. The summed E-state index contributed by atoms with van der Waals surface area (Å²) in [5.74, 6) is -0.169. The number of hydrogen-bond acceptors (Lipinski definition) is 3. The van der Waals surface area contributed by atoms with Crippen molar-refractivity contribution < 1.29 is 9.50 Å². The average Bonchev–Trinajstić information content (AvgIpc) is 2.23. The smallest absolute Gasteiger partial charge is 0.123 e. The maximum atomic E-state index is 12.9. The van der Waals surface area contributed by atoms with Crippen LogP contribution in [0, 0.1) is 5.82 Å². The topological polar surface area (TPSA) is 44.3 Å². The molecule has 0 radical (unpaired) electrons. The van der Waals surface area contributed by atoms with Gasteiger partial charge in [-0.05, 0) is 18.2 Å². The molecule has 1 fully saturated rings. The number of hydrogen-bond donors (Lipinski definition) is 3. The molecule has 3 nitrogen and oxygen atoms in total. The molecule has 1 heterocycles. The molecule has 1 aliphatic heterocycles. The summed E-state index contributed by atoms with van der Waals surface area (Å²) < 4.78 is 12.9. The molecular formula is C10H14ClFN2O. The van der Waals surface area contributed by atoms with Crippen LogP contribution in [0.3, 0.4) is 0 Å². The van der Waals surface area contributed by atoms with Crippen molar-refractivity contribution in [2.75, 3.05) is 19.6 Å². The van der Waals surface area contributed by atoms with Gasteiger partial charge >= 0.3 is 0 Å². The minimum atomic E-state index is -0.315. The highest BCUT2D eigenvalue weighted by Crippen LogP contribution is 2.25. The Balaban J connectivity index is 0.00000112. The van der Waals surface area contributed by atoms with E-state index in [-0.39, 0.29) is 30.0 Å². The van der Waals surface area contributed by atoms with Crippen LogP contribution in [0.25, 0.3) is 0 Å². The molecule has 84 valence electrons. The van der Waals surface area contributed by atoms with Crippen LogP contribution in [0.5, 0.6) is 5.75 Å². The van der Waals surface area contributed by atoms with Gasteiger partial charge in [-0.3, -0.25) is 0 Å². The maximum Gasteiger partial charge on any atom is 0.123 e. The van der Waals surface area contributed by atoms with Crippen LogP contribution in [0.15, 0.2) is 18.2 Å². The molecule has 0 saturated carbocycles. The number of phenols is 1. The molecule has 5 heteroatoms. The Kier molecular flexibility index (Phi) is 4.32. The molecule has 0 spiro atoms. The third-order valence-electron chi connectivity index (χ3n) is 2.41. The minimum Gasteiger partial charge on any atom is -0.508 e. The van der Waals surface area contributed by atoms with E-state index in [1.165, 1.54) is 18.2 Å². The van der Waals surface area contributed by atoms with Crippen LogP contribution in [0.1, 0.15) is 11.6 Å². The molecule has 0 bridgehead atoms. The summed E-state index contributed by atoms with van der Waals surface area (Å²) in [6, 6.07) is 4.02. The Morgan fingerprint density at radius 3 is 2.80 bits per heavy atom. The van der Waals surface area contributed by atoms with Gasteiger partial charge in [0.05, 0.1) is 0 Å². The van der Waals surface area contributed by atoms with Crippen LogP contribution in [-0.4, -0.2) is 24.7 Å². The Morgan fingerprint density at radius 1 is 1.33 bits per heavy atom. The molecule has 0 aromatic heterocycles. The zero-order chi connectivity index (χ0) is 9.97. The second-order valence-electron chi connectivity index (χ2n) is 3.41. The first-order valence-corrected chi connectivity index (χ1v) is 4.70. The van der Waals surface area contributed by atoms with Crippen LogP contribution in [-0.2, 0) is 0 Å². The van der Waals surface area contributed by atoms with Crippen LogP contribution < -0.4 is 10.6 Å². The van der Waals surface area contributed by atoms with E-state index in [9.17, 15) is 9.50 Å². The average molecular weight is 233 g/mol. The van der Waals surface area contributed by atoms with Crippen molar-refractivity contribution in [3.63, 3.8) is 0 Å². The number of phenolic OH excluding ortho intramolecular Hbond substituents is 1. The highest BCUT2D eigenvalue weighted by molar-refractivity contribution is 5.85. The first kappa shape index (κ1) is 12.2. The van der Waals surface area contributed by atoms with Crippen molar-refractivity contribution in [1.82, 2.24) is 10.6 Å². The largest absolute Gasteiger partial charge is 0.508 e. The minimum absolute atomic E-state index is 0. The lowest BCUT2D eigenvalue weighted by Crippen LogP contribution is -2.42. The van der Waals surface area contributed by atoms with Gasteiger partial charge < -0.3 is 15.7 Å². The second-order valence-corrected chi connectivity index (χ2v) is 3.41. The number of benzene rings is 1. The summed E-state index contributed by atoms with van der Waals surface area (Å²) in [5.41, 5.74) is 0.622. The van der Waals surface area contributed by atoms with E-state index in [4.69, 9.17) is 0 Å². The van der Waals surface area contributed by atoms with Gasteiger partial charge in [-0.1, -0.05) is 0 Å². The Hall–Kier alpha value is -0.840. The third-order valence-corrected chi connectivity index (χ3v) is 2.41. The van der Waals surface area contributed by atoms with Crippen LogP contribution >= 0.6 is 12.4 Å². The lowest BCUT2D eigenvalue weighted by atomic mass is 10.0. The first-order chi connectivity index (χ1) is 6.77. The van der Waals surface area contributed by atoms with Gasteiger partial charge in [-0.25, -0.2) is 4.39 Å². The van der Waals surface area contributed by atoms with E-state index in [1.807, 2.05) is 0 Å². The zero-order valence-electron chi connectivity index (χ0n) is 8.16. The summed E-state index contributed by atoms with van der Waals surface area (Å²) in [4.78, 5) is 0. The molecule has 1 atom stereocenters. The molecule has 1 aromatic carbocycles. The lowest BCUT2D eigenvalue weighted by molar-refractivity contribution is 0.402. The zero-order valence-corrected chi connectivity index (χ0v) is 8.98. The van der Waals surface area contributed by atoms with E-state index < -0.39 is 0 Å². The van der Waals surface area contributed by atoms with Crippen LogP contribution in [0.4, 0.5) is 4.39 Å². The SMILES string of the molecule is Cl.Oc1ccc(F)cc1[C@@H]1CNCCN1. The molecule has 15 heavy (non-hydrogen) atoms. The van der Waals surface area contributed by atoms with Gasteiger partial charge in [-0.15, -0.1) is 12.4 Å². The first-order valence-electron chi connectivity index (χ1n) is 4.70. The molecule has 1 aliphatic rings. The van der Waals surface area contributed by atoms with Gasteiger partial charge in [-0.2, -0.15) is 0 Å². The van der Waals surface area contributed by atoms with E-state index in [2.05, 4.69) is 10.6 Å². The van der Waals surface area contributed by atoms with Gasteiger partial charge in [0.1, 0.15) is 11.6 Å². The number of rotatable bonds is 1. The number of piperazine rings is 1. The van der Waals surface area contributed by atoms with Crippen LogP contribution in [0.2, 0.25) is 0 Å². The maximum absolute atomic E-state index is 12.9. The third kappa shape index (κ3) is 2.81. The van der Waals surface area contributed by atoms with Crippen molar-refractivity contribution >= 4 is 12.4 Å². The lowest BCUT2D eigenvalue weighted by Gasteiger charge is -2.25. The molecule has 0 aliphatic carbocycles. The van der Waals surface area contributed by atoms with Crippen molar-refractivity contribution in [1.29, 1.82) is 0 Å². The van der Waals surface area contributed by atoms with Crippen molar-refractivity contribution in [3.8, 4) is 5.75 Å². The van der Waals surface area contributed by atoms with E-state index in [0.29, 0.717) is 5.56 Å². The molecule has 0 unspecified atom stereocenters. The highest BCUT2D eigenvalue weighted by Gasteiger charge is 2.17. The normalized spacial score (nSPS) is 20.7. The fourth-order valence-corrected chi connectivity index (χ4v) is 1.68. The summed E-state index contributed by atoms with van der Waals surface area (Å²) in [5, 5.41) is 16.0. The fraction of sp³-hybridized carbons (Fsp3) is 0.400. The van der Waals surface area contributed by atoms with E-state index in [0.717, 1.165) is 19.6 Å². The number of aromatic hydroxyl groups is 1. The van der Waals surface area contributed by atoms with Crippen molar-refractivity contribution in [3.05, 3.63) is 29.6 Å². The molecule has 2 rings (SSSR count). The van der Waals surface area contributed by atoms with Crippen molar-refractivity contribution in [2.24, 2.45) is 0 Å². The van der Waals surface area contributed by atoms with Gasteiger partial charge in [0.15, 0.2) is 0 Å². The monoisotopic (exact) mass is 232 g/mol. The molecule has 0 amide bonds. The Labute approximate surface area is 94.1 Å². The number of halogens is 2. The fourth-order valence-electron chi connectivity index (χ4n) is 1.68.